The van der Waals surface area contributed by atoms with Crippen LogP contribution >= 0.6 is 0 Å². The third-order valence-corrected chi connectivity index (χ3v) is 1.73. The van der Waals surface area contributed by atoms with E-state index in [1.807, 2.05) is 19.1 Å². The molecule has 1 atom stereocenters. The Hall–Kier alpha value is -1.00. The van der Waals surface area contributed by atoms with Crippen LogP contribution in [0.25, 0.3) is 0 Å². The lowest BCUT2D eigenvalue weighted by Crippen LogP contribution is -2.22. The first-order valence-electron chi connectivity index (χ1n) is 4.24. The van der Waals surface area contributed by atoms with Crippen molar-refractivity contribution in [2.24, 2.45) is 0 Å². The lowest BCUT2D eigenvalue weighted by Gasteiger charge is -2.21. The molecule has 64 valence electrons. The summed E-state index contributed by atoms with van der Waals surface area (Å²) < 4.78 is 0. The maximum atomic E-state index is 9.65. The molecule has 0 aliphatic heterocycles. The number of hydrogen-bond donors (Lipinski definition) is 1. The van der Waals surface area contributed by atoms with Gasteiger partial charge in [-0.15, -0.1) is 0 Å². The first kappa shape index (κ1) is 9.09. The van der Waals surface area contributed by atoms with Gasteiger partial charge in [0.25, 0.3) is 0 Å². The highest BCUT2D eigenvalue weighted by Gasteiger charge is 2.19. The van der Waals surface area contributed by atoms with Crippen LogP contribution in [0.15, 0.2) is 23.8 Å². The first-order valence-corrected chi connectivity index (χ1v) is 4.24. The molecular formula is C11H14O. The number of rotatable bonds is 0. The molecule has 12 heavy (non-hydrogen) atoms. The predicted molar refractivity (Wildman–Crippen MR) is 50.5 cm³/mol. The van der Waals surface area contributed by atoms with Gasteiger partial charge < -0.3 is 5.11 Å². The molecule has 0 aromatic carbocycles. The minimum atomic E-state index is -0.702. The average Bonchev–Trinajstić information content (AvgIpc) is 1.99. The number of allylic oxidation sites excluding steroid dienone is 2. The van der Waals surface area contributed by atoms with Gasteiger partial charge in [-0.3, -0.25) is 0 Å². The van der Waals surface area contributed by atoms with Gasteiger partial charge in [-0.2, -0.15) is 0 Å². The van der Waals surface area contributed by atoms with E-state index in [-0.39, 0.29) is 0 Å². The van der Waals surface area contributed by atoms with Gasteiger partial charge in [0, 0.05) is 18.4 Å². The lowest BCUT2D eigenvalue weighted by molar-refractivity contribution is 0.112. The molecule has 1 N–H and O–H groups in total. The third-order valence-electron chi connectivity index (χ3n) is 1.73. The van der Waals surface area contributed by atoms with E-state index in [2.05, 4.69) is 11.8 Å². The summed E-state index contributed by atoms with van der Waals surface area (Å²) in [6.45, 7) is 3.81. The molecule has 0 fully saturated rings. The number of aliphatic hydroxyl groups is 1. The van der Waals surface area contributed by atoms with Crippen LogP contribution in [-0.2, 0) is 0 Å². The van der Waals surface area contributed by atoms with E-state index < -0.39 is 5.60 Å². The van der Waals surface area contributed by atoms with Gasteiger partial charge in [0.2, 0.25) is 0 Å². The van der Waals surface area contributed by atoms with Crippen LogP contribution in [0, 0.1) is 11.8 Å². The fourth-order valence-corrected chi connectivity index (χ4v) is 1.16. The normalized spacial score (nSPS) is 27.4. The second-order valence-corrected chi connectivity index (χ2v) is 3.24. The summed E-state index contributed by atoms with van der Waals surface area (Å²) in [4.78, 5) is 0. The van der Waals surface area contributed by atoms with Crippen molar-refractivity contribution in [2.75, 3.05) is 0 Å². The van der Waals surface area contributed by atoms with Gasteiger partial charge in [0.15, 0.2) is 0 Å². The van der Waals surface area contributed by atoms with E-state index in [1.54, 1.807) is 13.0 Å². The Balaban J connectivity index is 2.70. The van der Waals surface area contributed by atoms with Gasteiger partial charge in [0.05, 0.1) is 5.60 Å². The second-order valence-electron chi connectivity index (χ2n) is 3.24. The zero-order valence-corrected chi connectivity index (χ0v) is 7.59. The second kappa shape index (κ2) is 3.60. The minimum Gasteiger partial charge on any atom is -0.386 e. The van der Waals surface area contributed by atoms with E-state index in [4.69, 9.17) is 0 Å². The monoisotopic (exact) mass is 162 g/mol. The summed E-state index contributed by atoms with van der Waals surface area (Å²) in [6.07, 6.45) is 7.12. The molecule has 1 aliphatic rings. The molecule has 0 aromatic rings. The summed E-state index contributed by atoms with van der Waals surface area (Å²) in [5, 5.41) is 9.65. The van der Waals surface area contributed by atoms with Crippen molar-refractivity contribution in [1.29, 1.82) is 0 Å². The van der Waals surface area contributed by atoms with Crippen molar-refractivity contribution in [1.82, 2.24) is 0 Å². The van der Waals surface area contributed by atoms with Crippen molar-refractivity contribution in [3.8, 4) is 11.8 Å². The van der Waals surface area contributed by atoms with Crippen LogP contribution in [0.4, 0.5) is 0 Å². The standard InChI is InChI=1S/C11H14O/c1-3-4-6-10-7-5-8-11(2,12)9-10/h5,7-8,12H,3,9H2,1-2H3. The van der Waals surface area contributed by atoms with E-state index >= 15 is 0 Å². The van der Waals surface area contributed by atoms with E-state index in [9.17, 15) is 5.11 Å². The third kappa shape index (κ3) is 2.56. The molecule has 1 heteroatoms. The predicted octanol–water partition coefficient (Wildman–Crippen LogP) is 2.04. The van der Waals surface area contributed by atoms with Gasteiger partial charge in [0.1, 0.15) is 0 Å². The molecular weight excluding hydrogens is 148 g/mol. The molecule has 0 saturated carbocycles. The highest BCUT2D eigenvalue weighted by Crippen LogP contribution is 2.21. The maximum absolute atomic E-state index is 9.65. The summed E-state index contributed by atoms with van der Waals surface area (Å²) in [7, 11) is 0. The van der Waals surface area contributed by atoms with E-state index in [1.165, 1.54) is 0 Å². The Morgan fingerprint density at radius 3 is 3.00 bits per heavy atom. The van der Waals surface area contributed by atoms with Crippen molar-refractivity contribution < 1.29 is 5.11 Å². The topological polar surface area (TPSA) is 20.2 Å². The Morgan fingerprint density at radius 2 is 2.42 bits per heavy atom. The van der Waals surface area contributed by atoms with Crippen molar-refractivity contribution >= 4 is 0 Å². The van der Waals surface area contributed by atoms with E-state index in [0.717, 1.165) is 12.0 Å². The highest BCUT2D eigenvalue weighted by molar-refractivity contribution is 5.37. The van der Waals surface area contributed by atoms with Crippen molar-refractivity contribution in [3.63, 3.8) is 0 Å². The Labute approximate surface area is 73.8 Å². The lowest BCUT2D eigenvalue weighted by atomic mass is 9.92. The molecule has 0 heterocycles. The maximum Gasteiger partial charge on any atom is 0.0849 e. The van der Waals surface area contributed by atoms with E-state index in [0.29, 0.717) is 6.42 Å². The highest BCUT2D eigenvalue weighted by atomic mass is 16.3. The molecule has 1 rings (SSSR count). The molecule has 1 unspecified atom stereocenters. The van der Waals surface area contributed by atoms with Gasteiger partial charge in [-0.05, 0) is 6.92 Å². The van der Waals surface area contributed by atoms with Crippen LogP contribution in [-0.4, -0.2) is 10.7 Å². The summed E-state index contributed by atoms with van der Waals surface area (Å²) >= 11 is 0. The minimum absolute atomic E-state index is 0.635. The van der Waals surface area contributed by atoms with Crippen LogP contribution in [0.1, 0.15) is 26.7 Å². The van der Waals surface area contributed by atoms with Crippen LogP contribution < -0.4 is 0 Å². The van der Waals surface area contributed by atoms with Gasteiger partial charge in [-0.25, -0.2) is 0 Å². The van der Waals surface area contributed by atoms with Crippen LogP contribution in [0.5, 0.6) is 0 Å². The Kier molecular flexibility index (Phi) is 2.73. The molecule has 0 spiro atoms. The summed E-state index contributed by atoms with van der Waals surface area (Å²) in [5.74, 6) is 6.02. The zero-order valence-electron chi connectivity index (χ0n) is 7.59. The molecule has 1 aliphatic carbocycles. The van der Waals surface area contributed by atoms with Crippen molar-refractivity contribution in [2.45, 2.75) is 32.3 Å². The molecule has 0 aromatic heterocycles. The largest absolute Gasteiger partial charge is 0.386 e. The fraction of sp³-hybridized carbons (Fsp3) is 0.455. The quantitative estimate of drug-likeness (QED) is 0.540. The molecule has 0 amide bonds. The van der Waals surface area contributed by atoms with Crippen LogP contribution in [0.3, 0.4) is 0 Å². The number of hydrogen-bond acceptors (Lipinski definition) is 1. The summed E-state index contributed by atoms with van der Waals surface area (Å²) in [6, 6.07) is 0. The molecule has 0 bridgehead atoms. The average molecular weight is 162 g/mol. The Bertz CT molecular complexity index is 271. The SMILES string of the molecule is CCC#CC1=CC=CC(C)(O)C1. The smallest absolute Gasteiger partial charge is 0.0849 e. The zero-order chi connectivity index (χ0) is 9.03. The Morgan fingerprint density at radius 1 is 1.67 bits per heavy atom. The van der Waals surface area contributed by atoms with Gasteiger partial charge >= 0.3 is 0 Å². The molecule has 0 radical (unpaired) electrons. The van der Waals surface area contributed by atoms with Gasteiger partial charge in [-0.1, -0.05) is 37.0 Å². The molecule has 0 saturated heterocycles. The first-order chi connectivity index (χ1) is 5.64. The molecule has 1 nitrogen and oxygen atoms in total. The van der Waals surface area contributed by atoms with Crippen LogP contribution in [0.2, 0.25) is 0 Å². The van der Waals surface area contributed by atoms with Crippen molar-refractivity contribution in [3.05, 3.63) is 23.8 Å². The fourth-order valence-electron chi connectivity index (χ4n) is 1.16. The summed E-state index contributed by atoms with van der Waals surface area (Å²) in [5.41, 5.74) is 0.316.